The fourth-order valence-corrected chi connectivity index (χ4v) is 3.79. The highest BCUT2D eigenvalue weighted by atomic mass is 35.5. The van der Waals surface area contributed by atoms with Gasteiger partial charge in [-0.15, -0.1) is 23.2 Å². The van der Waals surface area contributed by atoms with E-state index >= 15 is 0 Å². The zero-order valence-electron chi connectivity index (χ0n) is 12.0. The Bertz CT molecular complexity index is 461. The Morgan fingerprint density at radius 1 is 1.40 bits per heavy atom. The predicted molar refractivity (Wildman–Crippen MR) is 84.2 cm³/mol. The van der Waals surface area contributed by atoms with Crippen molar-refractivity contribution in [3.05, 3.63) is 35.9 Å². The number of nitrogens with zero attached hydrogens (tertiary/aromatic N) is 1. The number of rotatable bonds is 5. The summed E-state index contributed by atoms with van der Waals surface area (Å²) in [7, 11) is 0. The topological polar surface area (TPSA) is 20.3 Å². The summed E-state index contributed by atoms with van der Waals surface area (Å²) in [6.07, 6.45) is 1.89. The van der Waals surface area contributed by atoms with Crippen molar-refractivity contribution in [1.82, 2.24) is 4.90 Å². The van der Waals surface area contributed by atoms with E-state index in [4.69, 9.17) is 23.2 Å². The van der Waals surface area contributed by atoms with Gasteiger partial charge in [0.15, 0.2) is 0 Å². The third kappa shape index (κ3) is 3.12. The Balaban J connectivity index is 2.12. The second kappa shape index (κ2) is 6.36. The second-order valence-corrected chi connectivity index (χ2v) is 7.00. The summed E-state index contributed by atoms with van der Waals surface area (Å²) < 4.78 is 0. The Morgan fingerprint density at radius 2 is 2.05 bits per heavy atom. The molecule has 4 heteroatoms. The SMILES string of the molecule is CCCC(Cl)[C@H]1CN(Cc2ccccc2)C(=O)[C@]1(C)Cl. The first kappa shape index (κ1) is 15.7. The van der Waals surface area contributed by atoms with Gasteiger partial charge in [-0.25, -0.2) is 0 Å². The molecular weight excluding hydrogens is 293 g/mol. The lowest BCUT2D eigenvalue weighted by Gasteiger charge is -2.24. The standard InChI is InChI=1S/C16H21Cl2NO/c1-3-7-14(17)13-11-19(15(20)16(13,2)18)10-12-8-5-4-6-9-12/h4-6,8-9,13-14H,3,7,10-11H2,1-2H3/t13-,14?,16-/m1/s1. The van der Waals surface area contributed by atoms with Crippen LogP contribution in [0.2, 0.25) is 0 Å². The van der Waals surface area contributed by atoms with Gasteiger partial charge in [0.2, 0.25) is 5.91 Å². The molecule has 1 amide bonds. The van der Waals surface area contributed by atoms with Gasteiger partial charge in [-0.3, -0.25) is 4.79 Å². The smallest absolute Gasteiger partial charge is 0.244 e. The molecule has 1 aliphatic heterocycles. The molecule has 0 spiro atoms. The van der Waals surface area contributed by atoms with Crippen molar-refractivity contribution in [2.45, 2.75) is 43.5 Å². The number of hydrogen-bond donors (Lipinski definition) is 0. The summed E-state index contributed by atoms with van der Waals surface area (Å²) in [6, 6.07) is 9.98. The normalized spacial score (nSPS) is 27.9. The number of carbonyl (C=O) groups is 1. The first-order valence-corrected chi connectivity index (χ1v) is 7.94. The van der Waals surface area contributed by atoms with Crippen LogP contribution in [-0.2, 0) is 11.3 Å². The highest BCUT2D eigenvalue weighted by Crippen LogP contribution is 2.40. The maximum atomic E-state index is 12.5. The summed E-state index contributed by atoms with van der Waals surface area (Å²) in [4.78, 5) is 13.4. The molecule has 0 bridgehead atoms. The van der Waals surface area contributed by atoms with Crippen LogP contribution in [0.15, 0.2) is 30.3 Å². The highest BCUT2D eigenvalue weighted by molar-refractivity contribution is 6.36. The molecule has 0 radical (unpaired) electrons. The number of amides is 1. The molecule has 0 aliphatic carbocycles. The molecule has 0 N–H and O–H groups in total. The van der Waals surface area contributed by atoms with E-state index in [1.807, 2.05) is 35.2 Å². The van der Waals surface area contributed by atoms with Crippen molar-refractivity contribution in [2.75, 3.05) is 6.54 Å². The quantitative estimate of drug-likeness (QED) is 0.751. The average Bonchev–Trinajstić information content (AvgIpc) is 2.64. The number of likely N-dealkylation sites (tertiary alicyclic amines) is 1. The van der Waals surface area contributed by atoms with E-state index in [2.05, 4.69) is 6.92 Å². The Labute approximate surface area is 131 Å². The predicted octanol–water partition coefficient (Wildman–Crippen LogP) is 4.05. The number of carbonyl (C=O) groups excluding carboxylic acids is 1. The van der Waals surface area contributed by atoms with Crippen LogP contribution in [-0.4, -0.2) is 27.6 Å². The van der Waals surface area contributed by atoms with Gasteiger partial charge in [0.05, 0.1) is 0 Å². The first-order valence-electron chi connectivity index (χ1n) is 7.13. The van der Waals surface area contributed by atoms with E-state index in [-0.39, 0.29) is 17.2 Å². The fourth-order valence-electron chi connectivity index (χ4n) is 2.83. The lowest BCUT2D eigenvalue weighted by molar-refractivity contribution is -0.130. The van der Waals surface area contributed by atoms with Crippen molar-refractivity contribution < 1.29 is 4.79 Å². The van der Waals surface area contributed by atoms with E-state index in [9.17, 15) is 4.79 Å². The minimum absolute atomic E-state index is 0.00185. The zero-order valence-corrected chi connectivity index (χ0v) is 13.5. The van der Waals surface area contributed by atoms with Crippen molar-refractivity contribution in [3.63, 3.8) is 0 Å². The van der Waals surface area contributed by atoms with Crippen molar-refractivity contribution in [3.8, 4) is 0 Å². The van der Waals surface area contributed by atoms with Crippen LogP contribution in [0.4, 0.5) is 0 Å². The highest BCUT2D eigenvalue weighted by Gasteiger charge is 2.51. The van der Waals surface area contributed by atoms with Gasteiger partial charge in [-0.05, 0) is 18.9 Å². The monoisotopic (exact) mass is 313 g/mol. The molecule has 1 saturated heterocycles. The van der Waals surface area contributed by atoms with Crippen LogP contribution in [0.1, 0.15) is 32.3 Å². The Hall–Kier alpha value is -0.730. The van der Waals surface area contributed by atoms with E-state index in [0.29, 0.717) is 13.1 Å². The third-order valence-corrected chi connectivity index (χ3v) is 5.00. The molecule has 1 aromatic carbocycles. The third-order valence-electron chi connectivity index (χ3n) is 4.04. The summed E-state index contributed by atoms with van der Waals surface area (Å²) in [5, 5.41) is -0.0489. The van der Waals surface area contributed by atoms with Gasteiger partial charge in [-0.2, -0.15) is 0 Å². The van der Waals surface area contributed by atoms with Crippen molar-refractivity contribution in [2.24, 2.45) is 5.92 Å². The Kier molecular flexibility index (Phi) is 4.98. The van der Waals surface area contributed by atoms with Crippen molar-refractivity contribution in [1.29, 1.82) is 0 Å². The second-order valence-electron chi connectivity index (χ2n) is 5.66. The average molecular weight is 314 g/mol. The fraction of sp³-hybridized carbons (Fsp3) is 0.562. The van der Waals surface area contributed by atoms with Crippen LogP contribution in [0, 0.1) is 5.92 Å². The molecule has 0 saturated carbocycles. The van der Waals surface area contributed by atoms with Crippen LogP contribution >= 0.6 is 23.2 Å². The molecule has 0 aromatic heterocycles. The molecule has 2 rings (SSSR count). The molecule has 20 heavy (non-hydrogen) atoms. The lowest BCUT2D eigenvalue weighted by Crippen LogP contribution is -2.37. The molecule has 1 unspecified atom stereocenters. The minimum Gasteiger partial charge on any atom is -0.336 e. The molecule has 1 aliphatic rings. The molecule has 2 nitrogen and oxygen atoms in total. The molecule has 1 heterocycles. The summed E-state index contributed by atoms with van der Waals surface area (Å²) in [6.45, 7) is 5.15. The number of benzene rings is 1. The van der Waals surface area contributed by atoms with Crippen LogP contribution in [0.5, 0.6) is 0 Å². The largest absolute Gasteiger partial charge is 0.336 e. The van der Waals surface area contributed by atoms with Gasteiger partial charge < -0.3 is 4.90 Å². The van der Waals surface area contributed by atoms with Crippen molar-refractivity contribution >= 4 is 29.1 Å². The molecule has 110 valence electrons. The van der Waals surface area contributed by atoms with Gasteiger partial charge in [0.1, 0.15) is 4.87 Å². The van der Waals surface area contributed by atoms with Gasteiger partial charge >= 0.3 is 0 Å². The van der Waals surface area contributed by atoms with E-state index in [0.717, 1.165) is 18.4 Å². The van der Waals surface area contributed by atoms with Gasteiger partial charge in [0, 0.05) is 24.4 Å². The summed E-state index contributed by atoms with van der Waals surface area (Å²) in [5.74, 6) is -0.00299. The molecule has 1 aromatic rings. The van der Waals surface area contributed by atoms with Crippen LogP contribution in [0.25, 0.3) is 0 Å². The molecule has 3 atom stereocenters. The van der Waals surface area contributed by atoms with E-state index in [1.165, 1.54) is 0 Å². The number of halogens is 2. The number of hydrogen-bond acceptors (Lipinski definition) is 1. The molecular formula is C16H21Cl2NO. The van der Waals surface area contributed by atoms with Crippen LogP contribution < -0.4 is 0 Å². The molecule has 1 fully saturated rings. The van der Waals surface area contributed by atoms with E-state index in [1.54, 1.807) is 6.92 Å². The van der Waals surface area contributed by atoms with Crippen LogP contribution in [0.3, 0.4) is 0 Å². The zero-order chi connectivity index (χ0) is 14.8. The van der Waals surface area contributed by atoms with E-state index < -0.39 is 4.87 Å². The lowest BCUT2D eigenvalue weighted by atomic mass is 9.91. The maximum Gasteiger partial charge on any atom is 0.244 e. The maximum absolute atomic E-state index is 12.5. The number of alkyl halides is 2. The minimum atomic E-state index is -0.879. The first-order chi connectivity index (χ1) is 9.46. The Morgan fingerprint density at radius 3 is 2.65 bits per heavy atom. The summed E-state index contributed by atoms with van der Waals surface area (Å²) >= 11 is 12.9. The van der Waals surface area contributed by atoms with Gasteiger partial charge in [-0.1, -0.05) is 43.7 Å². The van der Waals surface area contributed by atoms with Gasteiger partial charge in [0.25, 0.3) is 0 Å². The summed E-state index contributed by atoms with van der Waals surface area (Å²) in [5.41, 5.74) is 1.12.